The Bertz CT molecular complexity index is 798. The highest BCUT2D eigenvalue weighted by Gasteiger charge is 2.25. The third-order valence-corrected chi connectivity index (χ3v) is 4.75. The highest BCUT2D eigenvalue weighted by Crippen LogP contribution is 2.31. The molecular formula is C15H13N3O2S. The van der Waals surface area contributed by atoms with E-state index in [0.29, 0.717) is 30.3 Å². The molecule has 1 aliphatic carbocycles. The molecule has 1 saturated carbocycles. The largest absolute Gasteiger partial charge is 0.339 e. The summed E-state index contributed by atoms with van der Waals surface area (Å²) in [7, 11) is 0. The molecule has 6 heteroatoms. The van der Waals surface area contributed by atoms with Crippen LogP contribution in [0.25, 0.3) is 21.6 Å². The van der Waals surface area contributed by atoms with Gasteiger partial charge in [-0.2, -0.15) is 4.98 Å². The summed E-state index contributed by atoms with van der Waals surface area (Å²) in [4.78, 5) is 20.2. The summed E-state index contributed by atoms with van der Waals surface area (Å²) in [5.74, 6) is 1.76. The van der Waals surface area contributed by atoms with E-state index in [9.17, 15) is 4.79 Å². The van der Waals surface area contributed by atoms with Gasteiger partial charge < -0.3 is 4.52 Å². The first-order chi connectivity index (χ1) is 10.3. The Labute approximate surface area is 125 Å². The molecule has 0 N–H and O–H groups in total. The first kappa shape index (κ1) is 12.6. The Morgan fingerprint density at radius 2 is 2.14 bits per heavy atom. The zero-order valence-corrected chi connectivity index (χ0v) is 12.1. The number of hydrogen-bond acceptors (Lipinski definition) is 6. The van der Waals surface area contributed by atoms with Gasteiger partial charge in [0.05, 0.1) is 10.2 Å². The second-order valence-electron chi connectivity index (χ2n) is 5.30. The Morgan fingerprint density at radius 1 is 1.29 bits per heavy atom. The van der Waals surface area contributed by atoms with Crippen LogP contribution >= 0.6 is 11.3 Å². The van der Waals surface area contributed by atoms with Crippen LogP contribution in [-0.4, -0.2) is 20.9 Å². The summed E-state index contributed by atoms with van der Waals surface area (Å²) in [5.41, 5.74) is 1.85. The molecule has 3 aromatic heterocycles. The van der Waals surface area contributed by atoms with Crippen molar-refractivity contribution >= 4 is 27.3 Å². The third-order valence-electron chi connectivity index (χ3n) is 3.90. The molecule has 0 aromatic carbocycles. The van der Waals surface area contributed by atoms with Gasteiger partial charge in [0.25, 0.3) is 0 Å². The summed E-state index contributed by atoms with van der Waals surface area (Å²) < 4.78 is 6.50. The topological polar surface area (TPSA) is 68.9 Å². The molecule has 0 atom stereocenters. The van der Waals surface area contributed by atoms with E-state index in [4.69, 9.17) is 4.52 Å². The second kappa shape index (κ2) is 5.04. The summed E-state index contributed by atoms with van der Waals surface area (Å²) >= 11 is 1.65. The molecule has 0 aliphatic heterocycles. The molecule has 0 spiro atoms. The van der Waals surface area contributed by atoms with Crippen molar-refractivity contribution in [2.24, 2.45) is 0 Å². The van der Waals surface area contributed by atoms with Gasteiger partial charge in [-0.1, -0.05) is 5.16 Å². The van der Waals surface area contributed by atoms with Crippen molar-refractivity contribution < 1.29 is 9.32 Å². The van der Waals surface area contributed by atoms with Crippen molar-refractivity contribution in [1.29, 1.82) is 0 Å². The number of rotatable bonds is 2. The van der Waals surface area contributed by atoms with Crippen LogP contribution in [0.5, 0.6) is 0 Å². The number of carbonyl (C=O) groups excluding carboxylic acids is 1. The average Bonchev–Trinajstić information content (AvgIpc) is 3.16. The molecule has 21 heavy (non-hydrogen) atoms. The Morgan fingerprint density at radius 3 is 3.00 bits per heavy atom. The van der Waals surface area contributed by atoms with E-state index in [2.05, 4.69) is 15.1 Å². The van der Waals surface area contributed by atoms with Gasteiger partial charge in [-0.3, -0.25) is 9.78 Å². The molecule has 1 aliphatic rings. The predicted molar refractivity (Wildman–Crippen MR) is 79.1 cm³/mol. The van der Waals surface area contributed by atoms with Crippen LogP contribution in [0.4, 0.5) is 0 Å². The van der Waals surface area contributed by atoms with Gasteiger partial charge in [0.2, 0.25) is 11.7 Å². The van der Waals surface area contributed by atoms with E-state index in [1.54, 1.807) is 17.5 Å². The van der Waals surface area contributed by atoms with Gasteiger partial charge >= 0.3 is 0 Å². The predicted octanol–water partition coefficient (Wildman–Crippen LogP) is 3.57. The Hall–Kier alpha value is -2.08. The lowest BCUT2D eigenvalue weighted by molar-refractivity contribution is -0.120. The molecule has 3 aromatic rings. The first-order valence-corrected chi connectivity index (χ1v) is 7.86. The fourth-order valence-electron chi connectivity index (χ4n) is 2.67. The number of Topliss-reactive ketones (excluding diaryl/α,β-unsaturated/α-hetero) is 1. The smallest absolute Gasteiger partial charge is 0.230 e. The van der Waals surface area contributed by atoms with Gasteiger partial charge in [0.15, 0.2) is 0 Å². The molecule has 3 heterocycles. The first-order valence-electron chi connectivity index (χ1n) is 6.98. The Kier molecular flexibility index (Phi) is 3.03. The normalized spacial score (nSPS) is 16.7. The summed E-state index contributed by atoms with van der Waals surface area (Å²) in [6, 6.07) is 4.02. The molecule has 4 rings (SSSR count). The molecule has 1 fully saturated rings. The summed E-state index contributed by atoms with van der Waals surface area (Å²) in [5, 5.41) is 6.08. The maximum atomic E-state index is 11.3. The van der Waals surface area contributed by atoms with Crippen molar-refractivity contribution in [3.05, 3.63) is 29.6 Å². The highest BCUT2D eigenvalue weighted by molar-refractivity contribution is 7.17. The number of thiophene rings is 1. The standard InChI is InChI=1S/C15H13N3O2S/c19-11-3-1-9(2-4-11)15-17-14(18-20-15)10-7-13-12(16-8-10)5-6-21-13/h5-9H,1-4H2. The third kappa shape index (κ3) is 2.35. The van der Waals surface area contributed by atoms with Crippen molar-refractivity contribution in [2.45, 2.75) is 31.6 Å². The van der Waals surface area contributed by atoms with E-state index in [-0.39, 0.29) is 5.92 Å². The fraction of sp³-hybridized carbons (Fsp3) is 0.333. The van der Waals surface area contributed by atoms with Crippen LogP contribution in [0.2, 0.25) is 0 Å². The van der Waals surface area contributed by atoms with Gasteiger partial charge in [-0.05, 0) is 30.4 Å². The van der Waals surface area contributed by atoms with Gasteiger partial charge in [0.1, 0.15) is 5.78 Å². The molecule has 106 valence electrons. The van der Waals surface area contributed by atoms with Crippen LogP contribution in [0, 0.1) is 0 Å². The molecule has 0 radical (unpaired) electrons. The maximum absolute atomic E-state index is 11.3. The minimum atomic E-state index is 0.211. The molecular weight excluding hydrogens is 286 g/mol. The lowest BCUT2D eigenvalue weighted by Gasteiger charge is -2.16. The zero-order valence-electron chi connectivity index (χ0n) is 11.3. The van der Waals surface area contributed by atoms with Gasteiger partial charge in [-0.25, -0.2) is 0 Å². The van der Waals surface area contributed by atoms with E-state index in [0.717, 1.165) is 28.6 Å². The molecule has 0 bridgehead atoms. The number of carbonyl (C=O) groups is 1. The Balaban J connectivity index is 1.62. The van der Waals surface area contributed by atoms with Crippen molar-refractivity contribution in [3.63, 3.8) is 0 Å². The summed E-state index contributed by atoms with van der Waals surface area (Å²) in [6.45, 7) is 0. The zero-order chi connectivity index (χ0) is 14.2. The van der Waals surface area contributed by atoms with Crippen LogP contribution in [0.1, 0.15) is 37.5 Å². The van der Waals surface area contributed by atoms with Gasteiger partial charge in [-0.15, -0.1) is 11.3 Å². The number of nitrogens with zero attached hydrogens (tertiary/aromatic N) is 3. The van der Waals surface area contributed by atoms with E-state index < -0.39 is 0 Å². The van der Waals surface area contributed by atoms with E-state index >= 15 is 0 Å². The van der Waals surface area contributed by atoms with Crippen LogP contribution in [0.15, 0.2) is 28.2 Å². The van der Waals surface area contributed by atoms with Gasteiger partial charge in [0, 0.05) is 30.5 Å². The molecule has 0 unspecified atom stereocenters. The fourth-order valence-corrected chi connectivity index (χ4v) is 3.45. The van der Waals surface area contributed by atoms with Crippen LogP contribution in [0.3, 0.4) is 0 Å². The second-order valence-corrected chi connectivity index (χ2v) is 6.24. The molecule has 0 amide bonds. The SMILES string of the molecule is O=C1CCC(c2nc(-c3cnc4ccsc4c3)no2)CC1. The number of pyridine rings is 1. The number of aromatic nitrogens is 3. The maximum Gasteiger partial charge on any atom is 0.230 e. The monoisotopic (exact) mass is 299 g/mol. The number of fused-ring (bicyclic) bond motifs is 1. The number of ketones is 1. The van der Waals surface area contributed by atoms with Crippen LogP contribution in [-0.2, 0) is 4.79 Å². The lowest BCUT2D eigenvalue weighted by atomic mass is 9.88. The number of hydrogen-bond donors (Lipinski definition) is 0. The minimum Gasteiger partial charge on any atom is -0.339 e. The summed E-state index contributed by atoms with van der Waals surface area (Å²) in [6.07, 6.45) is 4.62. The van der Waals surface area contributed by atoms with E-state index in [1.165, 1.54) is 0 Å². The lowest BCUT2D eigenvalue weighted by Crippen LogP contribution is -2.12. The highest BCUT2D eigenvalue weighted by atomic mass is 32.1. The molecule has 0 saturated heterocycles. The van der Waals surface area contributed by atoms with E-state index in [1.807, 2.05) is 17.5 Å². The van der Waals surface area contributed by atoms with Crippen molar-refractivity contribution in [3.8, 4) is 11.4 Å². The van der Waals surface area contributed by atoms with Crippen molar-refractivity contribution in [1.82, 2.24) is 15.1 Å². The van der Waals surface area contributed by atoms with Crippen molar-refractivity contribution in [2.75, 3.05) is 0 Å². The minimum absolute atomic E-state index is 0.211. The van der Waals surface area contributed by atoms with Crippen LogP contribution < -0.4 is 0 Å². The average molecular weight is 299 g/mol. The molecule has 5 nitrogen and oxygen atoms in total. The quantitative estimate of drug-likeness (QED) is 0.723.